The number of carbonyl (C=O) groups excluding carboxylic acids is 1. The molecule has 2 aliphatic heterocycles. The number of carboxylic acids is 1. The third kappa shape index (κ3) is 5.48. The number of phenolic OH excluding ortho intramolecular Hbond substituents is 2. The second-order valence-electron chi connectivity index (χ2n) is 9.55. The summed E-state index contributed by atoms with van der Waals surface area (Å²) in [5, 5.41) is 68.5. The molecular weight excluding hydrogens is 508 g/mol. The summed E-state index contributed by atoms with van der Waals surface area (Å²) in [6, 6.07) is 4.00. The van der Waals surface area contributed by atoms with Crippen molar-refractivity contribution < 1.29 is 64.3 Å². The first kappa shape index (κ1) is 27.8. The predicted molar refractivity (Wildman–Crippen MR) is 125 cm³/mol. The fourth-order valence-electron chi connectivity index (χ4n) is 5.12. The van der Waals surface area contributed by atoms with Crippen molar-refractivity contribution in [2.75, 3.05) is 6.61 Å². The molecule has 1 aromatic rings. The Morgan fingerprint density at radius 3 is 2.47 bits per heavy atom. The number of aliphatic hydroxyl groups is 4. The third-order valence-corrected chi connectivity index (χ3v) is 7.23. The number of benzene rings is 1. The van der Waals surface area contributed by atoms with Gasteiger partial charge in [0.1, 0.15) is 30.5 Å². The van der Waals surface area contributed by atoms with Gasteiger partial charge in [0.2, 0.25) is 6.29 Å². The van der Waals surface area contributed by atoms with Gasteiger partial charge < -0.3 is 54.7 Å². The molecule has 1 aromatic carbocycles. The third-order valence-electron chi connectivity index (χ3n) is 7.23. The molecule has 10 atom stereocenters. The molecule has 2 fully saturated rings. The second-order valence-corrected chi connectivity index (χ2v) is 9.55. The fraction of sp³-hybridized carbons (Fsp3) is 0.520. The number of phenols is 2. The minimum atomic E-state index is -1.69. The Labute approximate surface area is 216 Å². The van der Waals surface area contributed by atoms with E-state index in [0.717, 1.165) is 12.3 Å². The first-order chi connectivity index (χ1) is 18.0. The summed E-state index contributed by atoms with van der Waals surface area (Å²) < 4.78 is 22.3. The summed E-state index contributed by atoms with van der Waals surface area (Å²) >= 11 is 0. The predicted octanol–water partition coefficient (Wildman–Crippen LogP) is -0.564. The number of rotatable bonds is 7. The van der Waals surface area contributed by atoms with Crippen molar-refractivity contribution in [1.82, 2.24) is 0 Å². The molecule has 0 radical (unpaired) electrons. The quantitative estimate of drug-likeness (QED) is 0.132. The number of carbonyl (C=O) groups is 2. The normalized spacial score (nSPS) is 36.8. The number of carboxylic acid groups (broad SMARTS) is 1. The van der Waals surface area contributed by atoms with Gasteiger partial charge in [0.15, 0.2) is 17.8 Å². The molecule has 38 heavy (non-hydrogen) atoms. The van der Waals surface area contributed by atoms with Crippen LogP contribution in [0.15, 0.2) is 36.1 Å². The van der Waals surface area contributed by atoms with Crippen LogP contribution in [-0.4, -0.2) is 97.4 Å². The maximum Gasteiger partial charge on any atom is 0.334 e. The fourth-order valence-corrected chi connectivity index (χ4v) is 5.12. The average Bonchev–Trinajstić information content (AvgIpc) is 3.20. The molecule has 1 aliphatic carbocycles. The van der Waals surface area contributed by atoms with Crippen LogP contribution < -0.4 is 0 Å². The number of fused-ring (bicyclic) bond motifs is 1. The molecule has 1 saturated heterocycles. The largest absolute Gasteiger partial charge is 0.504 e. The number of aliphatic carboxylic acids is 1. The minimum absolute atomic E-state index is 0.0517. The zero-order valence-electron chi connectivity index (χ0n) is 20.2. The van der Waals surface area contributed by atoms with E-state index in [0.29, 0.717) is 5.56 Å². The van der Waals surface area contributed by atoms with Crippen molar-refractivity contribution in [3.63, 3.8) is 0 Å². The highest BCUT2D eigenvalue weighted by Gasteiger charge is 2.54. The van der Waals surface area contributed by atoms with Gasteiger partial charge in [-0.25, -0.2) is 9.59 Å². The van der Waals surface area contributed by atoms with Crippen molar-refractivity contribution in [2.45, 2.75) is 56.4 Å². The van der Waals surface area contributed by atoms with Crippen LogP contribution in [-0.2, 0) is 28.5 Å². The summed E-state index contributed by atoms with van der Waals surface area (Å²) in [5.41, 5.74) is 0.382. The number of hydrogen-bond acceptors (Lipinski definition) is 12. The Morgan fingerprint density at radius 1 is 1.08 bits per heavy atom. The molecule has 0 unspecified atom stereocenters. The number of esters is 1. The highest BCUT2D eigenvalue weighted by atomic mass is 16.8. The lowest BCUT2D eigenvalue weighted by atomic mass is 9.83. The summed E-state index contributed by atoms with van der Waals surface area (Å²) in [5.74, 6) is -4.40. The van der Waals surface area contributed by atoms with Gasteiger partial charge in [0.25, 0.3) is 0 Å². The van der Waals surface area contributed by atoms with E-state index in [-0.39, 0.29) is 23.5 Å². The average molecular weight is 539 g/mol. The van der Waals surface area contributed by atoms with Crippen molar-refractivity contribution in [3.05, 3.63) is 41.7 Å². The highest BCUT2D eigenvalue weighted by Crippen LogP contribution is 2.48. The standard InChI is InChI=1S/C25H30O13/c1-10-16(36-18(29)5-3-11-2-4-14(27)15(28)6-11)7-12-13(23(33)34)9-35-24(19(10)12)38-25-22(32)21(31)20(30)17(8-26)37-25/h2-6,9-10,12,16-17,19-22,24-28,30-32H,7-8H2,1H3,(H,33,34)/b5-3+/t10-,12+,16+,17+,19+,20+,21-,22+,24-,25-/m0/s1. The molecule has 13 nitrogen and oxygen atoms in total. The number of hydrogen-bond donors (Lipinski definition) is 7. The van der Waals surface area contributed by atoms with Gasteiger partial charge in [-0.05, 0) is 30.2 Å². The molecule has 4 rings (SSSR count). The number of aromatic hydroxyl groups is 2. The van der Waals surface area contributed by atoms with Crippen molar-refractivity contribution in [2.24, 2.45) is 17.8 Å². The zero-order valence-corrected chi connectivity index (χ0v) is 20.2. The topological polar surface area (TPSA) is 213 Å². The van der Waals surface area contributed by atoms with Crippen molar-refractivity contribution >= 4 is 18.0 Å². The van der Waals surface area contributed by atoms with Crippen LogP contribution in [0.4, 0.5) is 0 Å². The van der Waals surface area contributed by atoms with Gasteiger partial charge in [-0.15, -0.1) is 0 Å². The van der Waals surface area contributed by atoms with Crippen molar-refractivity contribution in [1.29, 1.82) is 0 Å². The van der Waals surface area contributed by atoms with E-state index in [1.54, 1.807) is 6.92 Å². The molecule has 0 spiro atoms. The second kappa shape index (κ2) is 11.3. The first-order valence-corrected chi connectivity index (χ1v) is 12.0. The lowest BCUT2D eigenvalue weighted by Crippen LogP contribution is -2.60. The van der Waals surface area contributed by atoms with E-state index < -0.39 is 79.4 Å². The summed E-state index contributed by atoms with van der Waals surface area (Å²) in [6.45, 7) is 1.07. The molecule has 0 amide bonds. The van der Waals surface area contributed by atoms with Crippen LogP contribution >= 0.6 is 0 Å². The lowest BCUT2D eigenvalue weighted by molar-refractivity contribution is -0.342. The van der Waals surface area contributed by atoms with Crippen LogP contribution in [0.1, 0.15) is 18.9 Å². The Morgan fingerprint density at radius 2 is 1.82 bits per heavy atom. The number of aliphatic hydroxyl groups excluding tert-OH is 4. The maximum absolute atomic E-state index is 12.5. The van der Waals surface area contributed by atoms with Gasteiger partial charge in [-0.2, -0.15) is 0 Å². The van der Waals surface area contributed by atoms with Crippen LogP contribution in [0.25, 0.3) is 6.08 Å². The number of ether oxygens (including phenoxy) is 4. The van der Waals surface area contributed by atoms with E-state index in [1.807, 2.05) is 0 Å². The van der Waals surface area contributed by atoms with Gasteiger partial charge in [0.05, 0.1) is 18.4 Å². The van der Waals surface area contributed by atoms with Gasteiger partial charge >= 0.3 is 11.9 Å². The van der Waals surface area contributed by atoms with E-state index in [9.17, 15) is 45.3 Å². The van der Waals surface area contributed by atoms with E-state index in [2.05, 4.69) is 0 Å². The molecule has 7 N–H and O–H groups in total. The van der Waals surface area contributed by atoms with E-state index >= 15 is 0 Å². The van der Waals surface area contributed by atoms with Crippen molar-refractivity contribution in [3.8, 4) is 11.5 Å². The van der Waals surface area contributed by atoms with Crippen LogP contribution in [0.5, 0.6) is 11.5 Å². The van der Waals surface area contributed by atoms with Crippen LogP contribution in [0.2, 0.25) is 0 Å². The minimum Gasteiger partial charge on any atom is -0.504 e. The molecule has 2 heterocycles. The van der Waals surface area contributed by atoms with Crippen LogP contribution in [0, 0.1) is 17.8 Å². The molecule has 3 aliphatic rings. The molecule has 0 bridgehead atoms. The monoisotopic (exact) mass is 538 g/mol. The van der Waals surface area contributed by atoms with Gasteiger partial charge in [-0.1, -0.05) is 13.0 Å². The Balaban J connectivity index is 1.48. The summed E-state index contributed by atoms with van der Waals surface area (Å²) in [7, 11) is 0. The summed E-state index contributed by atoms with van der Waals surface area (Å²) in [6.07, 6.45) is -5.89. The Kier molecular flexibility index (Phi) is 8.25. The summed E-state index contributed by atoms with van der Waals surface area (Å²) in [4.78, 5) is 24.4. The SMILES string of the molecule is C[C@@H]1[C@H]2[C@H](O[C@@H]3O[C@H](CO)[C@@H](O)[C@H](O)[C@H]3O)OC=C(C(=O)O)[C@H]2C[C@H]1OC(=O)/C=C/c1ccc(O)c(O)c1. The lowest BCUT2D eigenvalue weighted by Gasteiger charge is -2.43. The molecule has 208 valence electrons. The van der Waals surface area contributed by atoms with E-state index in [1.165, 1.54) is 24.3 Å². The molecule has 0 aromatic heterocycles. The first-order valence-electron chi connectivity index (χ1n) is 12.0. The van der Waals surface area contributed by atoms with Gasteiger partial charge in [-0.3, -0.25) is 0 Å². The zero-order chi connectivity index (χ0) is 27.7. The van der Waals surface area contributed by atoms with E-state index in [4.69, 9.17) is 18.9 Å². The molecule has 13 heteroatoms. The maximum atomic E-state index is 12.5. The highest BCUT2D eigenvalue weighted by molar-refractivity contribution is 5.88. The molecule has 1 saturated carbocycles. The molecular formula is C25H30O13. The smallest absolute Gasteiger partial charge is 0.334 e. The van der Waals surface area contributed by atoms with Gasteiger partial charge in [0, 0.05) is 23.8 Å². The Hall–Kier alpha value is -3.20. The Bertz CT molecular complexity index is 1100. The van der Waals surface area contributed by atoms with Crippen LogP contribution in [0.3, 0.4) is 0 Å².